The van der Waals surface area contributed by atoms with Crippen molar-refractivity contribution < 1.29 is 38.2 Å². The Balaban J connectivity index is 1.18. The highest BCUT2D eigenvalue weighted by Gasteiger charge is 2.30. The van der Waals surface area contributed by atoms with Crippen LogP contribution in [0.4, 0.5) is 0 Å². The van der Waals surface area contributed by atoms with E-state index in [1.54, 1.807) is 0 Å². The Morgan fingerprint density at radius 2 is 1.71 bits per heavy atom. The average molecular weight is 697 g/mol. The highest BCUT2D eigenvalue weighted by atomic mass is 16.7. The number of aromatic nitrogens is 5. The summed E-state index contributed by atoms with van der Waals surface area (Å²) in [5.41, 5.74) is 5.06. The summed E-state index contributed by atoms with van der Waals surface area (Å²) in [6.07, 6.45) is 10.1. The number of piperidine rings is 1. The Bertz CT molecular complexity index is 1950. The number of nitrogens with one attached hydrogen (secondary N) is 2. The van der Waals surface area contributed by atoms with Gasteiger partial charge in [0.1, 0.15) is 18.7 Å². The molecule has 0 aliphatic carbocycles. The first-order chi connectivity index (χ1) is 25.0. The molecule has 16 nitrogen and oxygen atoms in total. The Morgan fingerprint density at radius 3 is 2.39 bits per heavy atom. The van der Waals surface area contributed by atoms with Crippen molar-refractivity contribution in [2.45, 2.75) is 12.8 Å². The number of nitriles is 1. The number of Topliss-reactive ketones (excluding diaryl/α,β-unsaturated/α-hetero) is 1. The van der Waals surface area contributed by atoms with Crippen molar-refractivity contribution in [3.63, 3.8) is 0 Å². The van der Waals surface area contributed by atoms with Crippen molar-refractivity contribution in [1.82, 2.24) is 35.1 Å². The number of nitrogens with zero attached hydrogens (tertiary/aromatic N) is 6. The summed E-state index contributed by atoms with van der Waals surface area (Å²) < 4.78 is 22.5. The van der Waals surface area contributed by atoms with Crippen molar-refractivity contribution in [3.05, 3.63) is 71.6 Å². The van der Waals surface area contributed by atoms with Crippen LogP contribution in [0.25, 0.3) is 22.3 Å². The lowest BCUT2D eigenvalue weighted by Crippen LogP contribution is -2.40. The van der Waals surface area contributed by atoms with E-state index in [4.69, 9.17) is 30.2 Å². The highest BCUT2D eigenvalue weighted by Crippen LogP contribution is 2.32. The monoisotopic (exact) mass is 696 g/mol. The van der Waals surface area contributed by atoms with Crippen LogP contribution in [0.1, 0.15) is 39.4 Å². The zero-order valence-corrected chi connectivity index (χ0v) is 27.9. The maximum absolute atomic E-state index is 13.6. The van der Waals surface area contributed by atoms with Crippen LogP contribution in [0.3, 0.4) is 0 Å². The third-order valence-corrected chi connectivity index (χ3v) is 7.83. The van der Waals surface area contributed by atoms with Crippen LogP contribution in [0.5, 0.6) is 5.75 Å². The summed E-state index contributed by atoms with van der Waals surface area (Å²) in [6, 6.07) is 11.7. The number of amides is 2. The van der Waals surface area contributed by atoms with E-state index >= 15 is 0 Å². The number of hydroxylamine groups is 1. The van der Waals surface area contributed by atoms with Crippen LogP contribution in [-0.4, -0.2) is 114 Å². The Labute approximate surface area is 293 Å². The number of likely N-dealkylation sites (tertiary alicyclic amines) is 1. The predicted octanol–water partition coefficient (Wildman–Crippen LogP) is 2.28. The van der Waals surface area contributed by atoms with Gasteiger partial charge < -0.3 is 28.8 Å². The second-order valence-electron chi connectivity index (χ2n) is 11.0. The SMILES string of the molecule is C#CCOCCOCCOCCONC(=O)c1ncn(-c2ncc(OC)c3c(C(=O)C(=O)N4CCC(=C(C#N)c5ccccc5)CC4)c[nH]c23)n1. The summed E-state index contributed by atoms with van der Waals surface area (Å²) in [7, 11) is 1.42. The summed E-state index contributed by atoms with van der Waals surface area (Å²) in [6.45, 7) is 2.60. The van der Waals surface area contributed by atoms with E-state index in [0.717, 1.165) is 11.1 Å². The third kappa shape index (κ3) is 9.01. The smallest absolute Gasteiger partial charge is 0.314 e. The van der Waals surface area contributed by atoms with Gasteiger partial charge in [-0.25, -0.2) is 15.4 Å². The van der Waals surface area contributed by atoms with Crippen molar-refractivity contribution in [3.8, 4) is 30.0 Å². The van der Waals surface area contributed by atoms with Crippen molar-refractivity contribution >= 4 is 34.1 Å². The van der Waals surface area contributed by atoms with Crippen LogP contribution in [0.15, 0.2) is 54.6 Å². The van der Waals surface area contributed by atoms with Crippen molar-refractivity contribution in [1.29, 1.82) is 5.26 Å². The van der Waals surface area contributed by atoms with Gasteiger partial charge in [0, 0.05) is 19.3 Å². The first kappa shape index (κ1) is 36.4. The number of hydrogen-bond acceptors (Lipinski definition) is 12. The zero-order chi connectivity index (χ0) is 36.0. The van der Waals surface area contributed by atoms with Gasteiger partial charge in [-0.2, -0.15) is 9.94 Å². The van der Waals surface area contributed by atoms with Gasteiger partial charge in [-0.3, -0.25) is 19.2 Å². The van der Waals surface area contributed by atoms with Crippen LogP contribution in [-0.2, 0) is 23.8 Å². The fraction of sp³-hybridized carbons (Fsp3) is 0.343. The van der Waals surface area contributed by atoms with Crippen LogP contribution in [0, 0.1) is 23.7 Å². The zero-order valence-electron chi connectivity index (χ0n) is 27.9. The first-order valence-electron chi connectivity index (χ1n) is 16.0. The number of allylic oxidation sites excluding steroid dienone is 1. The molecule has 264 valence electrons. The average Bonchev–Trinajstić information content (AvgIpc) is 3.84. The topological polar surface area (TPSA) is 196 Å². The molecule has 0 bridgehead atoms. The van der Waals surface area contributed by atoms with Crippen molar-refractivity contribution in [2.24, 2.45) is 0 Å². The van der Waals surface area contributed by atoms with E-state index in [-0.39, 0.29) is 42.8 Å². The molecule has 1 aliphatic heterocycles. The Kier molecular flexibility index (Phi) is 13.0. The minimum atomic E-state index is -0.731. The molecular weight excluding hydrogens is 660 g/mol. The van der Waals surface area contributed by atoms with Crippen molar-refractivity contribution in [2.75, 3.05) is 66.4 Å². The number of fused-ring (bicyclic) bond motifs is 1. The molecule has 4 heterocycles. The molecule has 51 heavy (non-hydrogen) atoms. The molecular formula is C35H36N8O8. The number of hydrogen-bond donors (Lipinski definition) is 2. The summed E-state index contributed by atoms with van der Waals surface area (Å²) in [5.74, 6) is 0.524. The predicted molar refractivity (Wildman–Crippen MR) is 181 cm³/mol. The van der Waals surface area contributed by atoms with Crippen LogP contribution < -0.4 is 10.2 Å². The van der Waals surface area contributed by atoms with Gasteiger partial charge in [-0.05, 0) is 24.0 Å². The van der Waals surface area contributed by atoms with E-state index < -0.39 is 17.6 Å². The van der Waals surface area contributed by atoms with E-state index in [1.165, 1.54) is 35.4 Å². The summed E-state index contributed by atoms with van der Waals surface area (Å²) in [4.78, 5) is 57.7. The molecule has 16 heteroatoms. The molecule has 1 saturated heterocycles. The second-order valence-corrected chi connectivity index (χ2v) is 11.0. The lowest BCUT2D eigenvalue weighted by atomic mass is 9.93. The maximum atomic E-state index is 13.6. The van der Waals surface area contributed by atoms with Gasteiger partial charge in [0.2, 0.25) is 5.82 Å². The first-order valence-corrected chi connectivity index (χ1v) is 16.0. The number of rotatable bonds is 17. The fourth-order valence-electron chi connectivity index (χ4n) is 5.36. The standard InChI is InChI=1S/C35H36N8O8/c1-3-13-48-14-15-49-16-17-50-18-19-51-41-34(45)32-39-23-43(40-32)33-30-29(28(47-2)22-38-33)27(21-37-30)31(44)35(46)42-11-9-25(10-12-42)26(20-36)24-7-5-4-6-8-24/h1,4-8,21-23,37H,9-19H2,2H3,(H,41,45). The molecule has 4 aromatic rings. The molecule has 0 spiro atoms. The third-order valence-electron chi connectivity index (χ3n) is 7.83. The Morgan fingerprint density at radius 1 is 1.00 bits per heavy atom. The van der Waals surface area contributed by atoms with Gasteiger partial charge in [0.25, 0.3) is 11.7 Å². The molecule has 2 N–H and O–H groups in total. The number of aromatic amines is 1. The second kappa shape index (κ2) is 18.2. The molecule has 0 unspecified atom stereocenters. The minimum Gasteiger partial charge on any atom is -0.494 e. The van der Waals surface area contributed by atoms with Gasteiger partial charge in [0.15, 0.2) is 5.82 Å². The lowest BCUT2D eigenvalue weighted by Gasteiger charge is -2.28. The summed E-state index contributed by atoms with van der Waals surface area (Å²) >= 11 is 0. The molecule has 1 aliphatic rings. The molecule has 3 aromatic heterocycles. The van der Waals surface area contributed by atoms with E-state index in [2.05, 4.69) is 37.5 Å². The van der Waals surface area contributed by atoms with E-state index in [0.29, 0.717) is 68.8 Å². The quantitative estimate of drug-likeness (QED) is 0.0409. The molecule has 5 rings (SSSR count). The summed E-state index contributed by atoms with van der Waals surface area (Å²) in [5, 5.41) is 14.3. The molecule has 1 aromatic carbocycles. The number of methoxy groups -OCH3 is 1. The van der Waals surface area contributed by atoms with Crippen LogP contribution in [0.2, 0.25) is 0 Å². The molecule has 0 atom stereocenters. The normalized spacial score (nSPS) is 12.7. The number of pyridine rings is 1. The number of benzene rings is 1. The highest BCUT2D eigenvalue weighted by molar-refractivity contribution is 6.45. The van der Waals surface area contributed by atoms with Gasteiger partial charge in [0.05, 0.1) is 81.1 Å². The largest absolute Gasteiger partial charge is 0.494 e. The lowest BCUT2D eigenvalue weighted by molar-refractivity contribution is -0.126. The minimum absolute atomic E-state index is 0.0697. The number of terminal acetylenes is 1. The molecule has 0 radical (unpaired) electrons. The van der Waals surface area contributed by atoms with E-state index in [1.807, 2.05) is 30.3 Å². The fourth-order valence-corrected chi connectivity index (χ4v) is 5.36. The maximum Gasteiger partial charge on any atom is 0.314 e. The number of carbonyl (C=O) groups excluding carboxylic acids is 3. The number of carbonyl (C=O) groups is 3. The van der Waals surface area contributed by atoms with Gasteiger partial charge in [-0.15, -0.1) is 11.5 Å². The van der Waals surface area contributed by atoms with E-state index in [9.17, 15) is 19.6 Å². The number of ketones is 1. The number of H-pyrrole nitrogens is 1. The molecule has 1 fully saturated rings. The van der Waals surface area contributed by atoms with Crippen LogP contribution >= 0.6 is 0 Å². The van der Waals surface area contributed by atoms with Gasteiger partial charge in [-0.1, -0.05) is 36.3 Å². The van der Waals surface area contributed by atoms with Gasteiger partial charge >= 0.3 is 5.91 Å². The Hall–Kier alpha value is -5.91. The molecule has 2 amide bonds. The molecule has 0 saturated carbocycles. The number of ether oxygens (including phenoxy) is 4.